The Hall–Kier alpha value is -1.89. The molecule has 5 nitrogen and oxygen atoms in total. The van der Waals surface area contributed by atoms with E-state index in [1.165, 1.54) is 23.3 Å². The van der Waals surface area contributed by atoms with Gasteiger partial charge in [-0.15, -0.1) is 11.3 Å². The number of hydrogen-bond donors (Lipinski definition) is 0. The van der Waals surface area contributed by atoms with Crippen molar-refractivity contribution in [1.82, 2.24) is 14.7 Å². The van der Waals surface area contributed by atoms with Gasteiger partial charge in [0.15, 0.2) is 0 Å². The van der Waals surface area contributed by atoms with Gasteiger partial charge < -0.3 is 9.64 Å². The highest BCUT2D eigenvalue weighted by molar-refractivity contribution is 7.09. The van der Waals surface area contributed by atoms with Gasteiger partial charge in [0.2, 0.25) is 5.91 Å². The standard InChI is InChI=1S/C26H35N3O2S/c1-2-31-22-7-5-21(6-8-22)19-27-11-9-26(10-12-27)18-24(26)25(30)29-15-13-28(14-16-29)20-23-4-3-17-32-23/h3-8,17,24H,2,9-16,18-20H2,1H3. The van der Waals surface area contributed by atoms with Crippen LogP contribution in [0.1, 0.15) is 36.6 Å². The smallest absolute Gasteiger partial charge is 0.226 e. The van der Waals surface area contributed by atoms with Gasteiger partial charge in [-0.25, -0.2) is 0 Å². The molecular weight excluding hydrogens is 418 g/mol. The van der Waals surface area contributed by atoms with E-state index >= 15 is 0 Å². The zero-order chi connectivity index (χ0) is 22.0. The highest BCUT2D eigenvalue weighted by atomic mass is 32.1. The number of piperidine rings is 1. The molecule has 1 aliphatic carbocycles. The van der Waals surface area contributed by atoms with Crippen LogP contribution >= 0.6 is 11.3 Å². The molecule has 2 aromatic rings. The summed E-state index contributed by atoms with van der Waals surface area (Å²) in [6, 6.07) is 12.8. The SMILES string of the molecule is CCOc1ccc(CN2CCC3(CC2)CC3C(=O)N2CCN(Cc3cccs3)CC2)cc1. The number of amides is 1. The van der Waals surface area contributed by atoms with Gasteiger partial charge >= 0.3 is 0 Å². The van der Waals surface area contributed by atoms with E-state index in [1.807, 2.05) is 18.3 Å². The third-order valence-corrected chi connectivity index (χ3v) is 8.48. The van der Waals surface area contributed by atoms with E-state index in [-0.39, 0.29) is 5.92 Å². The third-order valence-electron chi connectivity index (χ3n) is 7.62. The van der Waals surface area contributed by atoms with Gasteiger partial charge in [-0.1, -0.05) is 18.2 Å². The molecule has 0 N–H and O–H groups in total. The van der Waals surface area contributed by atoms with Gasteiger partial charge in [0.05, 0.1) is 6.61 Å². The van der Waals surface area contributed by atoms with E-state index in [0.717, 1.165) is 64.5 Å². The first-order chi connectivity index (χ1) is 15.6. The van der Waals surface area contributed by atoms with Gasteiger partial charge in [0, 0.05) is 50.1 Å². The third kappa shape index (κ3) is 4.87. The number of likely N-dealkylation sites (tertiary alicyclic amines) is 1. The molecule has 1 spiro atoms. The molecule has 1 atom stereocenters. The van der Waals surface area contributed by atoms with Crippen LogP contribution in [0.15, 0.2) is 41.8 Å². The van der Waals surface area contributed by atoms with Crippen molar-refractivity contribution in [2.24, 2.45) is 11.3 Å². The van der Waals surface area contributed by atoms with Crippen LogP contribution in [0.4, 0.5) is 0 Å². The molecule has 1 saturated carbocycles. The van der Waals surface area contributed by atoms with Crippen molar-refractivity contribution in [2.75, 3.05) is 45.9 Å². The number of rotatable bonds is 7. The quantitative estimate of drug-likeness (QED) is 0.633. The Balaban J connectivity index is 1.06. The molecule has 5 rings (SSSR count). The van der Waals surface area contributed by atoms with E-state index in [9.17, 15) is 4.79 Å². The maximum atomic E-state index is 13.2. The van der Waals surface area contributed by atoms with Crippen LogP contribution in [0.25, 0.3) is 0 Å². The summed E-state index contributed by atoms with van der Waals surface area (Å²) in [5.74, 6) is 1.65. The van der Waals surface area contributed by atoms with Crippen LogP contribution in [0, 0.1) is 11.3 Å². The lowest BCUT2D eigenvalue weighted by Crippen LogP contribution is -2.49. The summed E-state index contributed by atoms with van der Waals surface area (Å²) in [5.41, 5.74) is 1.63. The van der Waals surface area contributed by atoms with E-state index < -0.39 is 0 Å². The molecule has 6 heteroatoms. The summed E-state index contributed by atoms with van der Waals surface area (Å²) >= 11 is 1.82. The summed E-state index contributed by atoms with van der Waals surface area (Å²) in [6.45, 7) is 10.7. The Bertz CT molecular complexity index is 882. The second kappa shape index (κ2) is 9.54. The minimum absolute atomic E-state index is 0.277. The van der Waals surface area contributed by atoms with Crippen molar-refractivity contribution in [3.63, 3.8) is 0 Å². The minimum atomic E-state index is 0.277. The predicted octanol–water partition coefficient (Wildman–Crippen LogP) is 4.09. The van der Waals surface area contributed by atoms with Crippen molar-refractivity contribution in [1.29, 1.82) is 0 Å². The molecule has 2 saturated heterocycles. The first-order valence-corrected chi connectivity index (χ1v) is 13.0. The average Bonchev–Trinajstić information content (AvgIpc) is 3.26. The fourth-order valence-corrected chi connectivity index (χ4v) is 6.24. The number of piperazine rings is 1. The summed E-state index contributed by atoms with van der Waals surface area (Å²) in [6.07, 6.45) is 3.44. The monoisotopic (exact) mass is 453 g/mol. The number of thiophene rings is 1. The molecule has 0 radical (unpaired) electrons. The Labute approximate surface area is 196 Å². The molecule has 32 heavy (non-hydrogen) atoms. The fraction of sp³-hybridized carbons (Fsp3) is 0.577. The number of ether oxygens (including phenoxy) is 1. The normalized spacial score (nSPS) is 23.4. The highest BCUT2D eigenvalue weighted by Gasteiger charge is 2.59. The number of hydrogen-bond acceptors (Lipinski definition) is 5. The lowest BCUT2D eigenvalue weighted by atomic mass is 9.90. The molecule has 172 valence electrons. The van der Waals surface area contributed by atoms with E-state index in [4.69, 9.17) is 4.74 Å². The van der Waals surface area contributed by atoms with Crippen LogP contribution in [-0.2, 0) is 17.9 Å². The molecule has 3 heterocycles. The van der Waals surface area contributed by atoms with Crippen molar-refractivity contribution < 1.29 is 9.53 Å². The van der Waals surface area contributed by atoms with Crippen molar-refractivity contribution in [3.05, 3.63) is 52.2 Å². The zero-order valence-corrected chi connectivity index (χ0v) is 20.0. The summed E-state index contributed by atoms with van der Waals surface area (Å²) in [5, 5.41) is 2.14. The lowest BCUT2D eigenvalue weighted by molar-refractivity contribution is -0.135. The largest absolute Gasteiger partial charge is 0.494 e. The maximum Gasteiger partial charge on any atom is 0.226 e. The number of nitrogens with zero attached hydrogens (tertiary/aromatic N) is 3. The summed E-state index contributed by atoms with van der Waals surface area (Å²) in [4.78, 5) is 21.8. The first kappa shape index (κ1) is 21.9. The fourth-order valence-electron chi connectivity index (χ4n) is 5.49. The average molecular weight is 454 g/mol. The molecule has 1 unspecified atom stereocenters. The maximum absolute atomic E-state index is 13.2. The summed E-state index contributed by atoms with van der Waals surface area (Å²) in [7, 11) is 0. The van der Waals surface area contributed by atoms with Gasteiger partial charge in [0.25, 0.3) is 0 Å². The Morgan fingerprint density at radius 1 is 1.00 bits per heavy atom. The number of benzene rings is 1. The number of carbonyl (C=O) groups is 1. The molecule has 1 aromatic heterocycles. The van der Waals surface area contributed by atoms with Gasteiger partial charge in [0.1, 0.15) is 5.75 Å². The van der Waals surface area contributed by atoms with E-state index in [0.29, 0.717) is 17.9 Å². The zero-order valence-electron chi connectivity index (χ0n) is 19.2. The Morgan fingerprint density at radius 3 is 2.38 bits per heavy atom. The predicted molar refractivity (Wildman–Crippen MR) is 129 cm³/mol. The molecular formula is C26H35N3O2S. The molecule has 1 amide bonds. The molecule has 3 fully saturated rings. The molecule has 2 aliphatic heterocycles. The van der Waals surface area contributed by atoms with Gasteiger partial charge in [-0.2, -0.15) is 0 Å². The first-order valence-electron chi connectivity index (χ1n) is 12.1. The topological polar surface area (TPSA) is 36.0 Å². The van der Waals surface area contributed by atoms with Crippen LogP contribution in [0.2, 0.25) is 0 Å². The number of carbonyl (C=O) groups excluding carboxylic acids is 1. The summed E-state index contributed by atoms with van der Waals surface area (Å²) < 4.78 is 5.55. The van der Waals surface area contributed by atoms with Gasteiger partial charge in [-0.3, -0.25) is 14.6 Å². The lowest BCUT2D eigenvalue weighted by Gasteiger charge is -2.36. The van der Waals surface area contributed by atoms with Crippen molar-refractivity contribution >= 4 is 17.2 Å². The van der Waals surface area contributed by atoms with Crippen LogP contribution < -0.4 is 4.74 Å². The van der Waals surface area contributed by atoms with Crippen molar-refractivity contribution in [3.8, 4) is 5.75 Å². The van der Waals surface area contributed by atoms with Crippen molar-refractivity contribution in [2.45, 2.75) is 39.3 Å². The second-order valence-corrected chi connectivity index (χ2v) is 10.7. The molecule has 1 aromatic carbocycles. The van der Waals surface area contributed by atoms with E-state index in [2.05, 4.69) is 56.5 Å². The molecule has 3 aliphatic rings. The van der Waals surface area contributed by atoms with Crippen LogP contribution in [-0.4, -0.2) is 66.5 Å². The van der Waals surface area contributed by atoms with Gasteiger partial charge in [-0.05, 0) is 73.8 Å². The van der Waals surface area contributed by atoms with Crippen LogP contribution in [0.3, 0.4) is 0 Å². The molecule has 0 bridgehead atoms. The minimum Gasteiger partial charge on any atom is -0.494 e. The highest BCUT2D eigenvalue weighted by Crippen LogP contribution is 2.60. The van der Waals surface area contributed by atoms with Crippen LogP contribution in [0.5, 0.6) is 5.75 Å². The van der Waals surface area contributed by atoms with E-state index in [1.54, 1.807) is 0 Å². The Kier molecular flexibility index (Phi) is 6.54. The Morgan fingerprint density at radius 2 is 1.72 bits per heavy atom. The second-order valence-electron chi connectivity index (χ2n) is 9.65.